The van der Waals surface area contributed by atoms with E-state index in [1.54, 1.807) is 0 Å². The summed E-state index contributed by atoms with van der Waals surface area (Å²) in [5.74, 6) is 0. The highest BCUT2D eigenvalue weighted by molar-refractivity contribution is 5.86. The first-order valence-corrected chi connectivity index (χ1v) is 5.52. The van der Waals surface area contributed by atoms with E-state index in [1.165, 1.54) is 16.0 Å². The zero-order valence-electron chi connectivity index (χ0n) is 9.97. The second-order valence-electron chi connectivity index (χ2n) is 4.10. The molecular formula is C15H14NO. The van der Waals surface area contributed by atoms with Gasteiger partial charge in [-0.2, -0.15) is 0 Å². The molecule has 2 aromatic rings. The summed E-state index contributed by atoms with van der Waals surface area (Å²) in [7, 11) is 0. The van der Waals surface area contributed by atoms with Gasteiger partial charge in [0.25, 0.3) is 0 Å². The van der Waals surface area contributed by atoms with E-state index in [-0.39, 0.29) is 0 Å². The molecule has 0 fully saturated rings. The van der Waals surface area contributed by atoms with E-state index in [0.29, 0.717) is 0 Å². The highest BCUT2D eigenvalue weighted by Gasteiger charge is 2.08. The Bertz CT molecular complexity index is 454. The van der Waals surface area contributed by atoms with E-state index in [2.05, 4.69) is 0 Å². The van der Waals surface area contributed by atoms with Crippen molar-refractivity contribution < 1.29 is 4.79 Å². The lowest BCUT2D eigenvalue weighted by molar-refractivity contribution is 0.556. The number of anilines is 2. The summed E-state index contributed by atoms with van der Waals surface area (Å²) in [5.41, 5.74) is 4.00. The van der Waals surface area contributed by atoms with Gasteiger partial charge in [0.15, 0.2) is 0 Å². The predicted octanol–water partition coefficient (Wildman–Crippen LogP) is 3.51. The quantitative estimate of drug-likeness (QED) is 0.730. The molecule has 1 radical (unpaired) electrons. The summed E-state index contributed by atoms with van der Waals surface area (Å²) in [6.07, 6.45) is 1.96. The second kappa shape index (κ2) is 4.83. The minimum atomic E-state index is 0.828. The van der Waals surface area contributed by atoms with E-state index in [4.69, 9.17) is 0 Å². The van der Waals surface area contributed by atoms with Crippen molar-refractivity contribution in [1.29, 1.82) is 0 Å². The molecule has 0 atom stereocenters. The third-order valence-corrected chi connectivity index (χ3v) is 2.68. The zero-order valence-corrected chi connectivity index (χ0v) is 9.97. The van der Waals surface area contributed by atoms with E-state index < -0.39 is 0 Å². The van der Waals surface area contributed by atoms with Crippen LogP contribution in [0.15, 0.2) is 48.5 Å². The van der Waals surface area contributed by atoms with Gasteiger partial charge in [-0.05, 0) is 38.1 Å². The fourth-order valence-corrected chi connectivity index (χ4v) is 1.64. The maximum atomic E-state index is 11.1. The molecule has 85 valence electrons. The third kappa shape index (κ3) is 2.53. The van der Waals surface area contributed by atoms with Crippen molar-refractivity contribution in [3.8, 4) is 0 Å². The van der Waals surface area contributed by atoms with Gasteiger partial charge in [-0.15, -0.1) is 0 Å². The Kier molecular flexibility index (Phi) is 3.24. The van der Waals surface area contributed by atoms with Gasteiger partial charge >= 0.3 is 6.41 Å². The molecule has 0 N–H and O–H groups in total. The minimum absolute atomic E-state index is 0.828. The average molecular weight is 224 g/mol. The smallest absolute Gasteiger partial charge is 0.273 e. The molecule has 2 aromatic carbocycles. The maximum Gasteiger partial charge on any atom is 0.321 e. The van der Waals surface area contributed by atoms with E-state index in [0.717, 1.165) is 11.4 Å². The molecule has 1 amide bonds. The molecule has 0 saturated heterocycles. The Hall–Kier alpha value is -2.09. The van der Waals surface area contributed by atoms with Gasteiger partial charge in [-0.3, -0.25) is 9.69 Å². The predicted molar refractivity (Wildman–Crippen MR) is 70.2 cm³/mol. The van der Waals surface area contributed by atoms with Crippen molar-refractivity contribution in [2.75, 3.05) is 4.90 Å². The first-order valence-electron chi connectivity index (χ1n) is 5.52. The van der Waals surface area contributed by atoms with Crippen LogP contribution in [0.25, 0.3) is 0 Å². The molecule has 0 aliphatic carbocycles. The van der Waals surface area contributed by atoms with Crippen LogP contribution in [0.2, 0.25) is 0 Å². The fourth-order valence-electron chi connectivity index (χ4n) is 1.64. The zero-order chi connectivity index (χ0) is 12.3. The van der Waals surface area contributed by atoms with E-state index in [1.807, 2.05) is 68.8 Å². The Morgan fingerprint density at radius 2 is 1.12 bits per heavy atom. The van der Waals surface area contributed by atoms with Crippen molar-refractivity contribution in [2.24, 2.45) is 0 Å². The van der Waals surface area contributed by atoms with Crippen LogP contribution < -0.4 is 4.90 Å². The molecule has 0 saturated carbocycles. The summed E-state index contributed by atoms with van der Waals surface area (Å²) in [4.78, 5) is 12.6. The first kappa shape index (κ1) is 11.4. The Labute approximate surface area is 102 Å². The topological polar surface area (TPSA) is 20.3 Å². The highest BCUT2D eigenvalue weighted by Crippen LogP contribution is 2.24. The summed E-state index contributed by atoms with van der Waals surface area (Å²) in [6.45, 7) is 4.04. The van der Waals surface area contributed by atoms with Gasteiger partial charge in [0.2, 0.25) is 0 Å². The van der Waals surface area contributed by atoms with Crippen LogP contribution in [0.4, 0.5) is 11.4 Å². The Morgan fingerprint density at radius 1 is 0.765 bits per heavy atom. The third-order valence-electron chi connectivity index (χ3n) is 2.68. The Morgan fingerprint density at radius 3 is 1.41 bits per heavy atom. The number of nitrogens with zero attached hydrogens (tertiary/aromatic N) is 1. The van der Waals surface area contributed by atoms with Crippen molar-refractivity contribution in [1.82, 2.24) is 0 Å². The van der Waals surface area contributed by atoms with E-state index >= 15 is 0 Å². The van der Waals surface area contributed by atoms with Crippen molar-refractivity contribution >= 4 is 17.8 Å². The number of rotatable bonds is 3. The van der Waals surface area contributed by atoms with Crippen LogP contribution in [0.5, 0.6) is 0 Å². The van der Waals surface area contributed by atoms with Gasteiger partial charge < -0.3 is 0 Å². The molecule has 2 rings (SSSR count). The van der Waals surface area contributed by atoms with Gasteiger partial charge in [0, 0.05) is 11.4 Å². The lowest BCUT2D eigenvalue weighted by atomic mass is 10.2. The van der Waals surface area contributed by atoms with Gasteiger partial charge in [0.1, 0.15) is 0 Å². The van der Waals surface area contributed by atoms with Crippen molar-refractivity contribution in [3.05, 3.63) is 59.7 Å². The van der Waals surface area contributed by atoms with E-state index in [9.17, 15) is 4.79 Å². The van der Waals surface area contributed by atoms with Crippen molar-refractivity contribution in [3.63, 3.8) is 0 Å². The van der Waals surface area contributed by atoms with Crippen LogP contribution in [-0.4, -0.2) is 6.41 Å². The fraction of sp³-hybridized carbons (Fsp3) is 0.133. The molecule has 0 unspecified atom stereocenters. The number of hydrogen-bond donors (Lipinski definition) is 0. The van der Waals surface area contributed by atoms with Crippen LogP contribution >= 0.6 is 0 Å². The summed E-state index contributed by atoms with van der Waals surface area (Å²) < 4.78 is 0. The van der Waals surface area contributed by atoms with Crippen LogP contribution in [0.1, 0.15) is 11.1 Å². The highest BCUT2D eigenvalue weighted by atomic mass is 16.1. The Balaban J connectivity index is 2.36. The molecular weight excluding hydrogens is 210 g/mol. The number of aryl methyl sites for hydroxylation is 2. The summed E-state index contributed by atoms with van der Waals surface area (Å²) in [6, 6.07) is 15.6. The normalized spacial score (nSPS) is 10.0. The lowest BCUT2D eigenvalue weighted by Crippen LogP contribution is -2.13. The number of amides is 1. The second-order valence-corrected chi connectivity index (χ2v) is 4.10. The van der Waals surface area contributed by atoms with Gasteiger partial charge in [0.05, 0.1) is 0 Å². The maximum absolute atomic E-state index is 11.1. The van der Waals surface area contributed by atoms with Crippen LogP contribution in [0.3, 0.4) is 0 Å². The average Bonchev–Trinajstić information content (AvgIpc) is 2.35. The van der Waals surface area contributed by atoms with Gasteiger partial charge in [-0.25, -0.2) is 0 Å². The largest absolute Gasteiger partial charge is 0.321 e. The molecule has 0 aromatic heterocycles. The molecule has 2 nitrogen and oxygen atoms in total. The molecule has 17 heavy (non-hydrogen) atoms. The number of carbonyl (C=O) groups excluding carboxylic acids is 1. The minimum Gasteiger partial charge on any atom is -0.273 e. The molecule has 0 heterocycles. The van der Waals surface area contributed by atoms with Crippen LogP contribution in [-0.2, 0) is 4.79 Å². The number of benzene rings is 2. The molecule has 2 heteroatoms. The number of hydrogen-bond acceptors (Lipinski definition) is 1. The molecule has 0 bridgehead atoms. The van der Waals surface area contributed by atoms with Crippen molar-refractivity contribution in [2.45, 2.75) is 13.8 Å². The van der Waals surface area contributed by atoms with Crippen LogP contribution in [0, 0.1) is 13.8 Å². The van der Waals surface area contributed by atoms with Gasteiger partial charge in [-0.1, -0.05) is 35.4 Å². The first-order chi connectivity index (χ1) is 8.20. The summed E-state index contributed by atoms with van der Waals surface area (Å²) in [5, 5.41) is 0. The molecule has 0 aliphatic rings. The monoisotopic (exact) mass is 224 g/mol. The summed E-state index contributed by atoms with van der Waals surface area (Å²) >= 11 is 0. The molecule has 0 aliphatic heterocycles. The molecule has 0 spiro atoms. The lowest BCUT2D eigenvalue weighted by Gasteiger charge is -2.16. The SMILES string of the molecule is Cc1ccc(N([C]=O)c2ccc(C)cc2)cc1. The standard InChI is InChI=1S/C15H14NO/c1-12-3-7-14(8-4-12)16(11-17)15-9-5-13(2)6-10-15/h3-10H,1-2H3.